The van der Waals surface area contributed by atoms with E-state index in [1.807, 2.05) is 6.92 Å². The summed E-state index contributed by atoms with van der Waals surface area (Å²) in [4.78, 5) is 0. The van der Waals surface area contributed by atoms with Crippen LogP contribution in [0.2, 0.25) is 0 Å². The molecule has 0 N–H and O–H groups in total. The molecule has 0 radical (unpaired) electrons. The van der Waals surface area contributed by atoms with Crippen LogP contribution in [0.1, 0.15) is 18.9 Å². The van der Waals surface area contributed by atoms with Crippen LogP contribution in [0, 0.1) is 23.3 Å². The first-order chi connectivity index (χ1) is 17.6. The third kappa shape index (κ3) is 6.44. The lowest BCUT2D eigenvalue weighted by Crippen LogP contribution is -2.32. The second-order valence-electron chi connectivity index (χ2n) is 8.40. The number of alkyl halides is 2. The van der Waals surface area contributed by atoms with Crippen LogP contribution in [0.15, 0.2) is 78.9 Å². The summed E-state index contributed by atoms with van der Waals surface area (Å²) in [5, 5.41) is 0. The van der Waals surface area contributed by atoms with Crippen molar-refractivity contribution in [2.45, 2.75) is 25.9 Å². The van der Waals surface area contributed by atoms with E-state index in [9.17, 15) is 26.3 Å². The highest BCUT2D eigenvalue weighted by Gasteiger charge is 2.33. The highest BCUT2D eigenvalue weighted by Crippen LogP contribution is 2.30. The molecule has 0 spiro atoms. The molecule has 0 heterocycles. The molecule has 0 aliphatic rings. The van der Waals surface area contributed by atoms with E-state index in [0.717, 1.165) is 24.1 Å². The quantitative estimate of drug-likeness (QED) is 0.164. The molecule has 0 unspecified atom stereocenters. The number of aryl methyl sites for hydroxylation is 1. The molecule has 8 heteroatoms. The molecule has 0 aromatic heterocycles. The van der Waals surface area contributed by atoms with E-state index in [-0.39, 0.29) is 17.1 Å². The molecule has 0 saturated heterocycles. The van der Waals surface area contributed by atoms with Gasteiger partial charge in [0.1, 0.15) is 5.75 Å². The van der Waals surface area contributed by atoms with Gasteiger partial charge < -0.3 is 9.47 Å². The van der Waals surface area contributed by atoms with Crippen LogP contribution < -0.4 is 9.47 Å². The second-order valence-corrected chi connectivity index (χ2v) is 8.40. The number of rotatable bonds is 9. The van der Waals surface area contributed by atoms with E-state index in [2.05, 4.69) is 0 Å². The molecule has 2 nitrogen and oxygen atoms in total. The minimum atomic E-state index is -3.71. The normalized spacial score (nSPS) is 11.4. The molecule has 37 heavy (non-hydrogen) atoms. The third-order valence-electron chi connectivity index (χ3n) is 5.59. The maximum Gasteiger partial charge on any atom is 0.432 e. The predicted octanol–water partition coefficient (Wildman–Crippen LogP) is 8.58. The molecule has 0 aliphatic carbocycles. The minimum absolute atomic E-state index is 0.120. The summed E-state index contributed by atoms with van der Waals surface area (Å²) in [7, 11) is 0. The minimum Gasteiger partial charge on any atom is -0.480 e. The summed E-state index contributed by atoms with van der Waals surface area (Å²) in [5.74, 6) is -5.23. The van der Waals surface area contributed by atoms with Gasteiger partial charge in [-0.05, 0) is 70.6 Å². The number of benzene rings is 4. The van der Waals surface area contributed by atoms with Gasteiger partial charge in [0.2, 0.25) is 0 Å². The largest absolute Gasteiger partial charge is 0.480 e. The summed E-state index contributed by atoms with van der Waals surface area (Å²) >= 11 is 0. The number of halogens is 6. The lowest BCUT2D eigenvalue weighted by atomic mass is 10.00. The van der Waals surface area contributed by atoms with Crippen LogP contribution in [0.3, 0.4) is 0 Å². The lowest BCUT2D eigenvalue weighted by Gasteiger charge is -2.19. The topological polar surface area (TPSA) is 18.5 Å². The van der Waals surface area contributed by atoms with Crippen molar-refractivity contribution in [3.8, 4) is 33.8 Å². The Hall–Kier alpha value is -3.94. The Morgan fingerprint density at radius 1 is 0.649 bits per heavy atom. The van der Waals surface area contributed by atoms with Crippen molar-refractivity contribution in [1.82, 2.24) is 0 Å². The predicted molar refractivity (Wildman–Crippen MR) is 129 cm³/mol. The molecule has 0 fully saturated rings. The van der Waals surface area contributed by atoms with Crippen LogP contribution >= 0.6 is 0 Å². The van der Waals surface area contributed by atoms with Gasteiger partial charge in [0.25, 0.3) is 0 Å². The second kappa shape index (κ2) is 11.0. The van der Waals surface area contributed by atoms with Crippen LogP contribution in [0.4, 0.5) is 26.3 Å². The fraction of sp³-hybridized carbons (Fsp3) is 0.172. The molecule has 4 aromatic carbocycles. The van der Waals surface area contributed by atoms with Gasteiger partial charge in [-0.3, -0.25) is 0 Å². The van der Waals surface area contributed by atoms with E-state index < -0.39 is 36.0 Å². The first-order valence-electron chi connectivity index (χ1n) is 11.5. The zero-order valence-corrected chi connectivity index (χ0v) is 19.7. The SMILES string of the molecule is CCCc1ccc(OCC(F)(F)Oc2ccc(-c3ccc(-c4cc(F)c(F)c(F)c4)cc3)cc2)c(F)c1. The van der Waals surface area contributed by atoms with Crippen LogP contribution in [0.5, 0.6) is 11.5 Å². The van der Waals surface area contributed by atoms with Crippen molar-refractivity contribution in [2.24, 2.45) is 0 Å². The van der Waals surface area contributed by atoms with Gasteiger partial charge in [-0.2, -0.15) is 8.78 Å². The van der Waals surface area contributed by atoms with Gasteiger partial charge in [0.05, 0.1) is 0 Å². The van der Waals surface area contributed by atoms with Crippen molar-refractivity contribution in [3.63, 3.8) is 0 Å². The van der Waals surface area contributed by atoms with Crippen molar-refractivity contribution < 1.29 is 35.8 Å². The van der Waals surface area contributed by atoms with Gasteiger partial charge in [0.15, 0.2) is 35.6 Å². The van der Waals surface area contributed by atoms with Crippen molar-refractivity contribution in [2.75, 3.05) is 6.61 Å². The number of hydrogen-bond acceptors (Lipinski definition) is 2. The van der Waals surface area contributed by atoms with Crippen LogP contribution in [0.25, 0.3) is 22.3 Å². The van der Waals surface area contributed by atoms with Gasteiger partial charge >= 0.3 is 6.11 Å². The zero-order valence-electron chi connectivity index (χ0n) is 19.7. The summed E-state index contributed by atoms with van der Waals surface area (Å²) in [6.07, 6.45) is -2.21. The zero-order chi connectivity index (χ0) is 26.6. The molecule has 192 valence electrons. The molecule has 0 atom stereocenters. The number of hydrogen-bond donors (Lipinski definition) is 0. The highest BCUT2D eigenvalue weighted by molar-refractivity contribution is 5.70. The van der Waals surface area contributed by atoms with Gasteiger partial charge in [-0.15, -0.1) is 0 Å². The molecular weight excluding hydrogens is 494 g/mol. The van der Waals surface area contributed by atoms with Gasteiger partial charge in [-0.1, -0.05) is 55.8 Å². The van der Waals surface area contributed by atoms with Crippen LogP contribution in [-0.2, 0) is 6.42 Å². The fourth-order valence-electron chi connectivity index (χ4n) is 3.76. The Balaban J connectivity index is 1.39. The molecular formula is C29H22F6O2. The Bertz CT molecular complexity index is 1350. The lowest BCUT2D eigenvalue weighted by molar-refractivity contribution is -0.195. The van der Waals surface area contributed by atoms with Gasteiger partial charge in [-0.25, -0.2) is 17.6 Å². The highest BCUT2D eigenvalue weighted by atomic mass is 19.3. The average Bonchev–Trinajstić information content (AvgIpc) is 2.87. The molecule has 0 amide bonds. The molecule has 4 aromatic rings. The summed E-state index contributed by atoms with van der Waals surface area (Å²) < 4.78 is 92.6. The van der Waals surface area contributed by atoms with Crippen LogP contribution in [-0.4, -0.2) is 12.7 Å². The maximum atomic E-state index is 14.3. The smallest absolute Gasteiger partial charge is 0.432 e. The van der Waals surface area contributed by atoms with E-state index in [1.54, 1.807) is 42.5 Å². The van der Waals surface area contributed by atoms with Crippen molar-refractivity contribution >= 4 is 0 Å². The van der Waals surface area contributed by atoms with Crippen molar-refractivity contribution in [1.29, 1.82) is 0 Å². The standard InChI is InChI=1S/C29H22F6O2/c1-2-3-18-4-13-27(24(30)14-18)36-17-29(34,35)37-23-11-9-20(10-12-23)19-5-7-21(8-6-19)22-15-25(31)28(33)26(32)16-22/h4-16H,2-3,17H2,1H3. The molecule has 0 bridgehead atoms. The molecule has 0 saturated carbocycles. The van der Waals surface area contributed by atoms with E-state index in [0.29, 0.717) is 23.1 Å². The van der Waals surface area contributed by atoms with E-state index in [4.69, 9.17) is 9.47 Å². The Kier molecular flexibility index (Phi) is 7.76. The Labute approximate surface area is 210 Å². The average molecular weight is 516 g/mol. The maximum absolute atomic E-state index is 14.3. The molecule has 0 aliphatic heterocycles. The molecule has 4 rings (SSSR count). The Morgan fingerprint density at radius 3 is 1.73 bits per heavy atom. The first-order valence-corrected chi connectivity index (χ1v) is 11.5. The fourth-order valence-corrected chi connectivity index (χ4v) is 3.76. The monoisotopic (exact) mass is 516 g/mol. The summed E-state index contributed by atoms with van der Waals surface area (Å²) in [6.45, 7) is 0.774. The van der Waals surface area contributed by atoms with Gasteiger partial charge in [0, 0.05) is 0 Å². The third-order valence-corrected chi connectivity index (χ3v) is 5.59. The summed E-state index contributed by atoms with van der Waals surface area (Å²) in [6, 6.07) is 18.4. The van der Waals surface area contributed by atoms with E-state index in [1.165, 1.54) is 24.3 Å². The Morgan fingerprint density at radius 2 is 1.19 bits per heavy atom. The van der Waals surface area contributed by atoms with E-state index >= 15 is 0 Å². The summed E-state index contributed by atoms with van der Waals surface area (Å²) in [5.41, 5.74) is 2.77. The van der Waals surface area contributed by atoms with Crippen molar-refractivity contribution in [3.05, 3.63) is 108 Å². The number of ether oxygens (including phenoxy) is 2. The first kappa shape index (κ1) is 26.1.